The lowest BCUT2D eigenvalue weighted by Crippen LogP contribution is -2.06. The minimum atomic E-state index is 0.412. The van der Waals surface area contributed by atoms with Crippen LogP contribution in [0.4, 0.5) is 5.69 Å². The summed E-state index contributed by atoms with van der Waals surface area (Å²) >= 11 is 0. The van der Waals surface area contributed by atoms with Crippen molar-refractivity contribution in [1.82, 2.24) is 0 Å². The molecule has 0 amide bonds. The molecular weight excluding hydrogens is 176 g/mol. The molecule has 3 N–H and O–H groups in total. The van der Waals surface area contributed by atoms with Crippen LogP contribution in [0.2, 0.25) is 0 Å². The first-order valence-corrected chi connectivity index (χ1v) is 5.01. The van der Waals surface area contributed by atoms with Crippen LogP contribution in [0, 0.1) is 0 Å². The fourth-order valence-corrected chi connectivity index (χ4v) is 1.43. The molecule has 0 atom stereocenters. The van der Waals surface area contributed by atoms with Crippen LogP contribution < -0.4 is 15.8 Å². The molecule has 1 aliphatic rings. The molecule has 1 fully saturated rings. The van der Waals surface area contributed by atoms with Crippen LogP contribution in [0.15, 0.2) is 18.2 Å². The van der Waals surface area contributed by atoms with Crippen molar-refractivity contribution in [2.75, 3.05) is 12.4 Å². The van der Waals surface area contributed by atoms with Gasteiger partial charge in [-0.2, -0.15) is 0 Å². The Hall–Kier alpha value is -1.22. The molecule has 0 radical (unpaired) electrons. The third kappa shape index (κ3) is 1.82. The first-order chi connectivity index (χ1) is 6.85. The maximum absolute atomic E-state index is 5.83. The van der Waals surface area contributed by atoms with Gasteiger partial charge in [-0.05, 0) is 18.9 Å². The fraction of sp³-hybridized carbons (Fsp3) is 0.455. The van der Waals surface area contributed by atoms with Gasteiger partial charge in [0.1, 0.15) is 5.75 Å². The highest BCUT2D eigenvalue weighted by Crippen LogP contribution is 2.34. The van der Waals surface area contributed by atoms with E-state index >= 15 is 0 Å². The van der Waals surface area contributed by atoms with Crippen molar-refractivity contribution in [1.29, 1.82) is 0 Å². The molecule has 1 saturated carbocycles. The Morgan fingerprint density at radius 2 is 2.29 bits per heavy atom. The van der Waals surface area contributed by atoms with Gasteiger partial charge in [-0.1, -0.05) is 12.1 Å². The Bertz CT molecular complexity index is 299. The SMILES string of the molecule is CNc1cccc(CN)c1OC1CC1. The van der Waals surface area contributed by atoms with Gasteiger partial charge in [0.05, 0.1) is 11.8 Å². The van der Waals surface area contributed by atoms with E-state index in [1.54, 1.807) is 0 Å². The quantitative estimate of drug-likeness (QED) is 0.763. The van der Waals surface area contributed by atoms with Crippen molar-refractivity contribution in [3.05, 3.63) is 23.8 Å². The summed E-state index contributed by atoms with van der Waals surface area (Å²) in [6.45, 7) is 0.525. The zero-order valence-corrected chi connectivity index (χ0v) is 8.42. The summed E-state index contributed by atoms with van der Waals surface area (Å²) in [5, 5.41) is 3.12. The summed E-state index contributed by atoms with van der Waals surface area (Å²) in [5.41, 5.74) is 7.76. The smallest absolute Gasteiger partial charge is 0.147 e. The van der Waals surface area contributed by atoms with E-state index in [4.69, 9.17) is 10.5 Å². The summed E-state index contributed by atoms with van der Waals surface area (Å²) < 4.78 is 5.83. The lowest BCUT2D eigenvalue weighted by molar-refractivity contribution is 0.301. The number of benzene rings is 1. The largest absolute Gasteiger partial charge is 0.488 e. The second-order valence-corrected chi connectivity index (χ2v) is 3.57. The summed E-state index contributed by atoms with van der Waals surface area (Å²) in [6.07, 6.45) is 2.75. The highest BCUT2D eigenvalue weighted by Gasteiger charge is 2.25. The van der Waals surface area contributed by atoms with Gasteiger partial charge >= 0.3 is 0 Å². The highest BCUT2D eigenvalue weighted by atomic mass is 16.5. The van der Waals surface area contributed by atoms with Crippen LogP contribution in [0.1, 0.15) is 18.4 Å². The fourth-order valence-electron chi connectivity index (χ4n) is 1.43. The number of hydrogen-bond acceptors (Lipinski definition) is 3. The van der Waals surface area contributed by atoms with Crippen molar-refractivity contribution >= 4 is 5.69 Å². The third-order valence-corrected chi connectivity index (χ3v) is 2.39. The molecule has 3 heteroatoms. The van der Waals surface area contributed by atoms with Gasteiger partial charge in [-0.15, -0.1) is 0 Å². The van der Waals surface area contributed by atoms with Crippen LogP contribution in [0.3, 0.4) is 0 Å². The van der Waals surface area contributed by atoms with Gasteiger partial charge in [0.2, 0.25) is 0 Å². The maximum atomic E-state index is 5.83. The summed E-state index contributed by atoms with van der Waals surface area (Å²) in [4.78, 5) is 0. The molecule has 0 aromatic heterocycles. The zero-order chi connectivity index (χ0) is 9.97. The van der Waals surface area contributed by atoms with Crippen molar-refractivity contribution in [2.45, 2.75) is 25.5 Å². The lowest BCUT2D eigenvalue weighted by atomic mass is 10.1. The number of ether oxygens (including phenoxy) is 1. The summed E-state index contributed by atoms with van der Waals surface area (Å²) in [6, 6.07) is 6.02. The van der Waals surface area contributed by atoms with E-state index < -0.39 is 0 Å². The van der Waals surface area contributed by atoms with Crippen LogP contribution in [-0.2, 0) is 6.54 Å². The van der Waals surface area contributed by atoms with E-state index in [9.17, 15) is 0 Å². The molecule has 0 spiro atoms. The molecule has 1 aromatic rings. The minimum absolute atomic E-state index is 0.412. The second-order valence-electron chi connectivity index (χ2n) is 3.57. The zero-order valence-electron chi connectivity index (χ0n) is 8.42. The highest BCUT2D eigenvalue weighted by molar-refractivity contribution is 5.60. The molecule has 76 valence electrons. The van der Waals surface area contributed by atoms with Crippen LogP contribution in [0.25, 0.3) is 0 Å². The van der Waals surface area contributed by atoms with Gasteiger partial charge in [0.25, 0.3) is 0 Å². The van der Waals surface area contributed by atoms with Gasteiger partial charge in [-0.3, -0.25) is 0 Å². The molecule has 0 unspecified atom stereocenters. The van der Waals surface area contributed by atoms with Crippen LogP contribution >= 0.6 is 0 Å². The maximum Gasteiger partial charge on any atom is 0.147 e. The monoisotopic (exact) mass is 192 g/mol. The Labute approximate surface area is 84.3 Å². The first kappa shape index (κ1) is 9.34. The number of nitrogens with one attached hydrogen (secondary N) is 1. The molecule has 2 rings (SSSR count). The molecule has 0 heterocycles. The van der Waals surface area contributed by atoms with E-state index in [-0.39, 0.29) is 0 Å². The molecule has 3 nitrogen and oxygen atoms in total. The molecule has 1 aliphatic carbocycles. The average molecular weight is 192 g/mol. The molecular formula is C11H16N2O. The Kier molecular flexibility index (Phi) is 2.59. The van der Waals surface area contributed by atoms with E-state index in [0.29, 0.717) is 12.6 Å². The predicted molar refractivity (Wildman–Crippen MR) is 57.5 cm³/mol. The summed E-state index contributed by atoms with van der Waals surface area (Å²) in [7, 11) is 1.90. The standard InChI is InChI=1S/C11H16N2O/c1-13-10-4-2-3-8(7-12)11(10)14-9-5-6-9/h2-4,9,13H,5-7,12H2,1H3. The Balaban J connectivity index is 2.29. The molecule has 1 aromatic carbocycles. The first-order valence-electron chi connectivity index (χ1n) is 5.01. The predicted octanol–water partition coefficient (Wildman–Crippen LogP) is 1.73. The Morgan fingerprint density at radius 1 is 1.50 bits per heavy atom. The molecule has 0 bridgehead atoms. The molecule has 0 saturated heterocycles. The van der Waals surface area contributed by atoms with Crippen LogP contribution in [-0.4, -0.2) is 13.2 Å². The third-order valence-electron chi connectivity index (χ3n) is 2.39. The van der Waals surface area contributed by atoms with E-state index in [1.807, 2.05) is 25.2 Å². The topological polar surface area (TPSA) is 47.3 Å². The van der Waals surface area contributed by atoms with Crippen molar-refractivity contribution < 1.29 is 4.74 Å². The Morgan fingerprint density at radius 3 is 2.86 bits per heavy atom. The number of anilines is 1. The second kappa shape index (κ2) is 3.88. The van der Waals surface area contributed by atoms with Gasteiger partial charge in [0, 0.05) is 19.2 Å². The number of rotatable bonds is 4. The normalized spacial score (nSPS) is 15.3. The average Bonchev–Trinajstić information content (AvgIpc) is 3.02. The van der Waals surface area contributed by atoms with E-state index in [2.05, 4.69) is 5.32 Å². The number of para-hydroxylation sites is 1. The number of hydrogen-bond donors (Lipinski definition) is 2. The van der Waals surface area contributed by atoms with Gasteiger partial charge < -0.3 is 15.8 Å². The van der Waals surface area contributed by atoms with Crippen LogP contribution in [0.5, 0.6) is 5.75 Å². The van der Waals surface area contributed by atoms with Crippen molar-refractivity contribution in [2.24, 2.45) is 5.73 Å². The molecule has 14 heavy (non-hydrogen) atoms. The minimum Gasteiger partial charge on any atom is -0.488 e. The summed E-state index contributed by atoms with van der Waals surface area (Å²) in [5.74, 6) is 0.931. The molecule has 0 aliphatic heterocycles. The van der Waals surface area contributed by atoms with E-state index in [0.717, 1.165) is 17.0 Å². The van der Waals surface area contributed by atoms with E-state index in [1.165, 1.54) is 12.8 Å². The van der Waals surface area contributed by atoms with Crippen molar-refractivity contribution in [3.8, 4) is 5.75 Å². The van der Waals surface area contributed by atoms with Crippen molar-refractivity contribution in [3.63, 3.8) is 0 Å². The van der Waals surface area contributed by atoms with Gasteiger partial charge in [0.15, 0.2) is 0 Å². The number of nitrogens with two attached hydrogens (primary N) is 1. The lowest BCUT2D eigenvalue weighted by Gasteiger charge is -2.14. The van der Waals surface area contributed by atoms with Gasteiger partial charge in [-0.25, -0.2) is 0 Å².